The summed E-state index contributed by atoms with van der Waals surface area (Å²) in [5.74, 6) is 1.18. The summed E-state index contributed by atoms with van der Waals surface area (Å²) in [5.41, 5.74) is 8.06. The molecule has 0 spiro atoms. The first-order valence-electron chi connectivity index (χ1n) is 4.24. The number of hydrogen-bond acceptors (Lipinski definition) is 6. The van der Waals surface area contributed by atoms with Crippen LogP contribution in [0, 0.1) is 6.92 Å². The van der Waals surface area contributed by atoms with Crippen molar-refractivity contribution in [2.24, 2.45) is 5.73 Å². The van der Waals surface area contributed by atoms with Crippen molar-refractivity contribution >= 4 is 11.3 Å². The summed E-state index contributed by atoms with van der Waals surface area (Å²) in [6.07, 6.45) is 0.640. The molecule has 74 valence electrons. The van der Waals surface area contributed by atoms with Crippen LogP contribution < -0.4 is 5.73 Å². The molecule has 2 N–H and O–H groups in total. The third kappa shape index (κ3) is 1.66. The molecule has 0 bridgehead atoms. The van der Waals surface area contributed by atoms with Crippen LogP contribution in [0.25, 0.3) is 10.8 Å². The van der Waals surface area contributed by atoms with Crippen molar-refractivity contribution in [2.75, 3.05) is 6.54 Å². The molecule has 6 heteroatoms. The van der Waals surface area contributed by atoms with Crippen LogP contribution in [0.3, 0.4) is 0 Å². The van der Waals surface area contributed by atoms with Crippen molar-refractivity contribution in [2.45, 2.75) is 13.3 Å². The molecule has 2 rings (SSSR count). The smallest absolute Gasteiger partial charge is 0.269 e. The van der Waals surface area contributed by atoms with Crippen molar-refractivity contribution in [3.05, 3.63) is 17.0 Å². The zero-order valence-corrected chi connectivity index (χ0v) is 8.54. The van der Waals surface area contributed by atoms with Crippen LogP contribution in [0.4, 0.5) is 0 Å². The molecule has 0 amide bonds. The number of rotatable bonds is 3. The lowest BCUT2D eigenvalue weighted by atomic mass is 10.4. The zero-order chi connectivity index (χ0) is 9.97. The fourth-order valence-electron chi connectivity index (χ4n) is 1.08. The maximum Gasteiger partial charge on any atom is 0.269 e. The largest absolute Gasteiger partial charge is 0.333 e. The molecule has 14 heavy (non-hydrogen) atoms. The Kier molecular flexibility index (Phi) is 2.55. The molecule has 0 aliphatic rings. The van der Waals surface area contributed by atoms with Crippen molar-refractivity contribution in [1.82, 2.24) is 15.1 Å². The van der Waals surface area contributed by atoms with Crippen LogP contribution >= 0.6 is 11.3 Å². The van der Waals surface area contributed by atoms with E-state index in [0.717, 1.165) is 10.6 Å². The van der Waals surface area contributed by atoms with E-state index >= 15 is 0 Å². The summed E-state index contributed by atoms with van der Waals surface area (Å²) in [5, 5.41) is 3.82. The number of nitrogens with two attached hydrogens (primary N) is 1. The highest BCUT2D eigenvalue weighted by atomic mass is 32.1. The Balaban J connectivity index is 2.29. The Bertz CT molecular complexity index is 422. The molecular weight excluding hydrogens is 200 g/mol. The Morgan fingerprint density at radius 3 is 3.07 bits per heavy atom. The van der Waals surface area contributed by atoms with Gasteiger partial charge in [-0.05, 0) is 13.5 Å². The Morgan fingerprint density at radius 2 is 2.43 bits per heavy atom. The van der Waals surface area contributed by atoms with Gasteiger partial charge >= 0.3 is 0 Å². The van der Waals surface area contributed by atoms with Crippen molar-refractivity contribution in [3.8, 4) is 10.8 Å². The first-order valence-corrected chi connectivity index (χ1v) is 5.12. The van der Waals surface area contributed by atoms with Gasteiger partial charge in [-0.1, -0.05) is 5.16 Å². The fourth-order valence-corrected chi connectivity index (χ4v) is 1.81. The van der Waals surface area contributed by atoms with Gasteiger partial charge in [0.1, 0.15) is 4.88 Å². The van der Waals surface area contributed by atoms with Gasteiger partial charge in [0, 0.05) is 6.42 Å². The Labute approximate surface area is 85.0 Å². The minimum atomic E-state index is 0.528. The second-order valence-electron chi connectivity index (χ2n) is 2.82. The summed E-state index contributed by atoms with van der Waals surface area (Å²) in [6, 6.07) is 0. The standard InChI is InChI=1S/C8H10N4OS/c1-5-7(14-4-10-5)8-11-6(2-3-9)12-13-8/h4H,2-3,9H2,1H3. The van der Waals surface area contributed by atoms with Gasteiger partial charge in [0.2, 0.25) is 0 Å². The molecule has 0 fully saturated rings. The van der Waals surface area contributed by atoms with Gasteiger partial charge in [0.15, 0.2) is 5.82 Å². The third-order valence-corrected chi connectivity index (χ3v) is 2.69. The van der Waals surface area contributed by atoms with E-state index in [1.54, 1.807) is 5.51 Å². The average molecular weight is 210 g/mol. The minimum absolute atomic E-state index is 0.528. The maximum absolute atomic E-state index is 5.39. The van der Waals surface area contributed by atoms with Gasteiger partial charge in [-0.25, -0.2) is 4.98 Å². The average Bonchev–Trinajstić information content (AvgIpc) is 2.74. The van der Waals surface area contributed by atoms with Gasteiger partial charge in [-0.3, -0.25) is 0 Å². The third-order valence-electron chi connectivity index (χ3n) is 1.78. The van der Waals surface area contributed by atoms with E-state index in [2.05, 4.69) is 15.1 Å². The molecule has 2 aromatic rings. The molecule has 0 aliphatic carbocycles. The minimum Gasteiger partial charge on any atom is -0.333 e. The first-order chi connectivity index (χ1) is 6.81. The SMILES string of the molecule is Cc1ncsc1-c1nc(CCN)no1. The summed E-state index contributed by atoms with van der Waals surface area (Å²) in [6.45, 7) is 2.44. The number of thiazole rings is 1. The van der Waals surface area contributed by atoms with Gasteiger partial charge in [0.25, 0.3) is 5.89 Å². The van der Waals surface area contributed by atoms with E-state index in [-0.39, 0.29) is 0 Å². The van der Waals surface area contributed by atoms with Crippen molar-refractivity contribution < 1.29 is 4.52 Å². The van der Waals surface area contributed by atoms with Crippen LogP contribution in [-0.2, 0) is 6.42 Å². The lowest BCUT2D eigenvalue weighted by molar-refractivity contribution is 0.423. The van der Waals surface area contributed by atoms with Gasteiger partial charge < -0.3 is 10.3 Å². The van der Waals surface area contributed by atoms with E-state index in [4.69, 9.17) is 10.3 Å². The van der Waals surface area contributed by atoms with Crippen molar-refractivity contribution in [1.29, 1.82) is 0 Å². The predicted octanol–water partition coefficient (Wildman–Crippen LogP) is 1.00. The first kappa shape index (κ1) is 9.29. The molecule has 0 radical (unpaired) electrons. The molecular formula is C8H10N4OS. The normalized spacial score (nSPS) is 10.7. The van der Waals surface area contributed by atoms with Crippen LogP contribution in [-0.4, -0.2) is 21.7 Å². The molecule has 0 atom stereocenters. The quantitative estimate of drug-likeness (QED) is 0.817. The lowest BCUT2D eigenvalue weighted by Gasteiger charge is -1.87. The second kappa shape index (κ2) is 3.85. The van der Waals surface area contributed by atoms with Crippen molar-refractivity contribution in [3.63, 3.8) is 0 Å². The Morgan fingerprint density at radius 1 is 1.57 bits per heavy atom. The number of nitrogens with zero attached hydrogens (tertiary/aromatic N) is 3. The predicted molar refractivity (Wildman–Crippen MR) is 52.9 cm³/mol. The van der Waals surface area contributed by atoms with E-state index in [1.165, 1.54) is 11.3 Å². The van der Waals surface area contributed by atoms with Crippen LogP contribution in [0.2, 0.25) is 0 Å². The van der Waals surface area contributed by atoms with Gasteiger partial charge in [-0.2, -0.15) is 4.98 Å². The van der Waals surface area contributed by atoms with Crippen LogP contribution in [0.15, 0.2) is 10.0 Å². The topological polar surface area (TPSA) is 77.8 Å². The number of aromatic nitrogens is 3. The maximum atomic E-state index is 5.39. The number of aryl methyl sites for hydroxylation is 1. The second-order valence-corrected chi connectivity index (χ2v) is 3.68. The Hall–Kier alpha value is -1.27. The molecule has 0 saturated heterocycles. The molecule has 0 unspecified atom stereocenters. The van der Waals surface area contributed by atoms with Crippen LogP contribution in [0.1, 0.15) is 11.5 Å². The molecule has 2 heterocycles. The van der Waals surface area contributed by atoms with Crippen LogP contribution in [0.5, 0.6) is 0 Å². The molecule has 5 nitrogen and oxygen atoms in total. The van der Waals surface area contributed by atoms with Gasteiger partial charge in [0.05, 0.1) is 11.2 Å². The lowest BCUT2D eigenvalue weighted by Crippen LogP contribution is -2.03. The summed E-state index contributed by atoms with van der Waals surface area (Å²) in [7, 11) is 0. The van der Waals surface area contributed by atoms with E-state index in [0.29, 0.717) is 24.7 Å². The molecule has 2 aromatic heterocycles. The summed E-state index contributed by atoms with van der Waals surface area (Å²) >= 11 is 1.50. The molecule has 0 aromatic carbocycles. The zero-order valence-electron chi connectivity index (χ0n) is 7.73. The highest BCUT2D eigenvalue weighted by Crippen LogP contribution is 2.25. The highest BCUT2D eigenvalue weighted by molar-refractivity contribution is 7.13. The molecule has 0 saturated carbocycles. The van der Waals surface area contributed by atoms with Gasteiger partial charge in [-0.15, -0.1) is 11.3 Å². The van der Waals surface area contributed by atoms with E-state index < -0.39 is 0 Å². The van der Waals surface area contributed by atoms with E-state index in [9.17, 15) is 0 Å². The highest BCUT2D eigenvalue weighted by Gasteiger charge is 2.12. The summed E-state index contributed by atoms with van der Waals surface area (Å²) < 4.78 is 5.10. The fraction of sp³-hybridized carbons (Fsp3) is 0.375. The van der Waals surface area contributed by atoms with E-state index in [1.807, 2.05) is 6.92 Å². The summed E-state index contributed by atoms with van der Waals surface area (Å²) in [4.78, 5) is 9.26. The number of hydrogen-bond donors (Lipinski definition) is 1. The monoisotopic (exact) mass is 210 g/mol. The molecule has 0 aliphatic heterocycles.